The largest absolute Gasteiger partial charge is 1.00 e. The number of aliphatic hydroxyl groups excluding tert-OH is 2. The van der Waals surface area contributed by atoms with Crippen LogP contribution in [0.25, 0.3) is 0 Å². The Hall–Kier alpha value is -1.40. The number of nitrogens with zero attached hydrogens (tertiary/aromatic N) is 2. The molecule has 4 nitrogen and oxygen atoms in total. The molecule has 1 saturated carbocycles. The molecule has 2 N–H and O–H groups in total. The lowest BCUT2D eigenvalue weighted by Gasteiger charge is -2.68. The summed E-state index contributed by atoms with van der Waals surface area (Å²) < 4.78 is 0.769. The van der Waals surface area contributed by atoms with E-state index in [-0.39, 0.29) is 52.6 Å². The van der Waals surface area contributed by atoms with Crippen molar-refractivity contribution in [2.45, 2.75) is 68.6 Å². The highest BCUT2D eigenvalue weighted by atomic mass is 79.9. The number of halogens is 1. The van der Waals surface area contributed by atoms with Gasteiger partial charge in [0, 0.05) is 43.0 Å². The van der Waals surface area contributed by atoms with Gasteiger partial charge in [-0.1, -0.05) is 55.5 Å². The van der Waals surface area contributed by atoms with Crippen LogP contribution in [0.5, 0.6) is 0 Å². The minimum Gasteiger partial charge on any atom is -1.00 e. The van der Waals surface area contributed by atoms with Crippen LogP contribution in [0.2, 0.25) is 0 Å². The first-order chi connectivity index (χ1) is 15.1. The molecule has 32 heavy (non-hydrogen) atoms. The van der Waals surface area contributed by atoms with Gasteiger partial charge in [-0.15, -0.1) is 0 Å². The topological polar surface area (TPSA) is 43.7 Å². The molecule has 5 heteroatoms. The van der Waals surface area contributed by atoms with Gasteiger partial charge in [0.25, 0.3) is 0 Å². The van der Waals surface area contributed by atoms with E-state index in [1.54, 1.807) is 0 Å². The van der Waals surface area contributed by atoms with Gasteiger partial charge in [0.05, 0.1) is 23.6 Å². The van der Waals surface area contributed by atoms with Crippen molar-refractivity contribution < 1.29 is 31.7 Å². The van der Waals surface area contributed by atoms with Crippen LogP contribution < -0.4 is 21.9 Å². The standard InChI is InChI=1S/C27H33N2O2.BrH/c1-3-17-18-13-21-24-27(19-11-7-8-12-20(19)28(24)2)14-22(23(18)25(27)30)29(21,26(17)31)15-16-9-5-4-6-10-16;/h4-12,17-18,21-26,30-31H,3,13-15H2,1-2H3;1H/q+1;/p-1. The lowest BCUT2D eigenvalue weighted by molar-refractivity contribution is -1.05. The maximum absolute atomic E-state index is 12.1. The fourth-order valence-corrected chi connectivity index (χ4v) is 9.60. The van der Waals surface area contributed by atoms with Crippen molar-refractivity contribution in [1.82, 2.24) is 0 Å². The Labute approximate surface area is 201 Å². The van der Waals surface area contributed by atoms with Gasteiger partial charge in [0.2, 0.25) is 0 Å². The van der Waals surface area contributed by atoms with E-state index in [0.717, 1.165) is 30.3 Å². The number of aliphatic hydroxyl groups is 2. The minimum atomic E-state index is -0.337. The van der Waals surface area contributed by atoms with Gasteiger partial charge in [0.1, 0.15) is 12.6 Å². The molecule has 2 aromatic carbocycles. The highest BCUT2D eigenvalue weighted by Crippen LogP contribution is 2.71. The second-order valence-corrected chi connectivity index (χ2v) is 11.0. The normalized spacial score (nSPS) is 46.7. The number of fused-ring (bicyclic) bond motifs is 2. The Bertz CT molecular complexity index is 1050. The van der Waals surface area contributed by atoms with E-state index in [0.29, 0.717) is 18.0 Å². The Kier molecular flexibility index (Phi) is 4.51. The van der Waals surface area contributed by atoms with Crippen molar-refractivity contribution in [2.75, 3.05) is 11.9 Å². The highest BCUT2D eigenvalue weighted by molar-refractivity contribution is 5.66. The maximum atomic E-state index is 12.1. The van der Waals surface area contributed by atoms with Crippen LogP contribution >= 0.6 is 0 Å². The summed E-state index contributed by atoms with van der Waals surface area (Å²) in [5.74, 6) is 1.01. The Morgan fingerprint density at radius 3 is 2.50 bits per heavy atom. The van der Waals surface area contributed by atoms with Crippen molar-refractivity contribution in [2.24, 2.45) is 17.8 Å². The lowest BCUT2D eigenvalue weighted by atomic mass is 9.60. The fraction of sp³-hybridized carbons (Fsp3) is 0.556. The Balaban J connectivity index is 0.00000196. The summed E-state index contributed by atoms with van der Waals surface area (Å²) in [4.78, 5) is 2.47. The molecule has 1 spiro atoms. The van der Waals surface area contributed by atoms with Crippen LogP contribution in [0.15, 0.2) is 54.6 Å². The van der Waals surface area contributed by atoms with Crippen molar-refractivity contribution in [3.63, 3.8) is 0 Å². The van der Waals surface area contributed by atoms with Gasteiger partial charge < -0.3 is 32.1 Å². The molecule has 5 fully saturated rings. The van der Waals surface area contributed by atoms with Gasteiger partial charge >= 0.3 is 0 Å². The third kappa shape index (κ3) is 2.11. The second-order valence-electron chi connectivity index (χ2n) is 11.0. The zero-order valence-corrected chi connectivity index (χ0v) is 20.4. The average Bonchev–Trinajstić information content (AvgIpc) is 3.18. The summed E-state index contributed by atoms with van der Waals surface area (Å²) in [6, 6.07) is 20.5. The molecule has 4 saturated heterocycles. The summed E-state index contributed by atoms with van der Waals surface area (Å²) in [6.07, 6.45) is 2.47. The van der Waals surface area contributed by atoms with Crippen LogP contribution in [-0.4, -0.2) is 52.2 Å². The molecule has 10 unspecified atom stereocenters. The minimum absolute atomic E-state index is 0. The molecule has 1 aliphatic carbocycles. The second kappa shape index (κ2) is 6.82. The molecular weight excluding hydrogens is 464 g/mol. The first-order valence-corrected chi connectivity index (χ1v) is 12.1. The van der Waals surface area contributed by atoms with Crippen LogP contribution in [0.1, 0.15) is 37.3 Å². The van der Waals surface area contributed by atoms with Crippen LogP contribution in [0.3, 0.4) is 0 Å². The monoisotopic (exact) mass is 496 g/mol. The number of rotatable bonds is 3. The molecule has 0 radical (unpaired) electrons. The number of anilines is 1. The molecule has 8 rings (SSSR count). The zero-order valence-electron chi connectivity index (χ0n) is 18.8. The molecule has 6 aliphatic rings. The van der Waals surface area contributed by atoms with Crippen molar-refractivity contribution >= 4 is 5.69 Å². The number of quaternary nitrogens is 1. The number of likely N-dealkylation sites (N-methyl/N-ethyl adjacent to an activating group) is 1. The number of benzene rings is 2. The quantitative estimate of drug-likeness (QED) is 0.599. The van der Waals surface area contributed by atoms with Gasteiger partial charge in [-0.05, 0) is 24.0 Å². The van der Waals surface area contributed by atoms with Crippen molar-refractivity contribution in [1.29, 1.82) is 0 Å². The van der Waals surface area contributed by atoms with E-state index >= 15 is 0 Å². The van der Waals surface area contributed by atoms with Crippen LogP contribution in [-0.2, 0) is 12.0 Å². The highest BCUT2D eigenvalue weighted by Gasteiger charge is 2.82. The summed E-state index contributed by atoms with van der Waals surface area (Å²) in [5.41, 5.74) is 3.78. The summed E-state index contributed by atoms with van der Waals surface area (Å²) >= 11 is 0. The number of piperidine rings is 4. The first-order valence-electron chi connectivity index (χ1n) is 12.1. The average molecular weight is 497 g/mol. The van der Waals surface area contributed by atoms with Gasteiger partial charge in [-0.3, -0.25) is 4.48 Å². The SMILES string of the molecule is CCC1C2CC3C4N(C)c5ccccc5C45CC(C2C5O)[N+]3(Cc2ccccc2)C1O.[Br-]. The summed E-state index contributed by atoms with van der Waals surface area (Å²) in [7, 11) is 2.23. The van der Waals surface area contributed by atoms with Crippen LogP contribution in [0, 0.1) is 17.8 Å². The van der Waals surface area contributed by atoms with Gasteiger partial charge in [-0.2, -0.15) is 0 Å². The number of hydrogen-bond donors (Lipinski definition) is 2. The Morgan fingerprint density at radius 1 is 1.03 bits per heavy atom. The lowest BCUT2D eigenvalue weighted by Crippen LogP contribution is -3.00. The molecule has 0 amide bonds. The predicted octanol–water partition coefficient (Wildman–Crippen LogP) is 0.274. The van der Waals surface area contributed by atoms with Gasteiger partial charge in [-0.25, -0.2) is 0 Å². The molecule has 10 atom stereocenters. The van der Waals surface area contributed by atoms with E-state index in [1.165, 1.54) is 16.8 Å². The molecule has 2 aromatic rings. The van der Waals surface area contributed by atoms with E-state index in [2.05, 4.69) is 73.5 Å². The predicted molar refractivity (Wildman–Crippen MR) is 120 cm³/mol. The Morgan fingerprint density at radius 2 is 1.75 bits per heavy atom. The van der Waals surface area contributed by atoms with Crippen LogP contribution in [0.4, 0.5) is 5.69 Å². The molecule has 170 valence electrons. The summed E-state index contributed by atoms with van der Waals surface area (Å²) in [6.45, 7) is 3.11. The van der Waals surface area contributed by atoms with E-state index in [1.807, 2.05) is 0 Å². The fourth-order valence-electron chi connectivity index (χ4n) is 9.60. The van der Waals surface area contributed by atoms with E-state index < -0.39 is 0 Å². The molecular formula is C27H33BrN2O2. The van der Waals surface area contributed by atoms with Crippen molar-refractivity contribution in [3.8, 4) is 0 Å². The zero-order chi connectivity index (χ0) is 21.1. The van der Waals surface area contributed by atoms with Gasteiger partial charge in [0.15, 0.2) is 6.23 Å². The molecule has 5 heterocycles. The molecule has 5 aliphatic heterocycles. The smallest absolute Gasteiger partial charge is 0.194 e. The third-order valence-electron chi connectivity index (χ3n) is 10.4. The summed E-state index contributed by atoms with van der Waals surface area (Å²) in [5, 5.41) is 24.1. The van der Waals surface area contributed by atoms with E-state index in [4.69, 9.17) is 0 Å². The molecule has 0 aromatic heterocycles. The number of para-hydroxylation sites is 1. The van der Waals surface area contributed by atoms with Crippen molar-refractivity contribution in [3.05, 3.63) is 65.7 Å². The maximum Gasteiger partial charge on any atom is 0.194 e. The molecule has 5 bridgehead atoms. The van der Waals surface area contributed by atoms with E-state index in [9.17, 15) is 10.2 Å². The third-order valence-corrected chi connectivity index (χ3v) is 10.4. The first kappa shape index (κ1) is 21.2. The number of hydrogen-bond acceptors (Lipinski definition) is 3.